The fourth-order valence-corrected chi connectivity index (χ4v) is 2.86. The maximum atomic E-state index is 12.5. The number of amides is 1. The highest BCUT2D eigenvalue weighted by atomic mass is 16.2. The number of hydrogen-bond acceptors (Lipinski definition) is 2. The molecule has 1 aromatic carbocycles. The average Bonchev–Trinajstić information content (AvgIpc) is 2.52. The Hall–Kier alpha value is -1.81. The molecule has 1 atom stereocenters. The van der Waals surface area contributed by atoms with Crippen LogP contribution in [0.15, 0.2) is 42.6 Å². The van der Waals surface area contributed by atoms with E-state index in [1.54, 1.807) is 0 Å². The summed E-state index contributed by atoms with van der Waals surface area (Å²) in [6.45, 7) is 5.56. The van der Waals surface area contributed by atoms with Gasteiger partial charge in [-0.15, -0.1) is 0 Å². The third-order valence-corrected chi connectivity index (χ3v) is 3.95. The lowest BCUT2D eigenvalue weighted by Gasteiger charge is -2.25. The van der Waals surface area contributed by atoms with E-state index < -0.39 is 0 Å². The fraction of sp³-hybridized carbons (Fsp3) is 0.471. The van der Waals surface area contributed by atoms with Crippen molar-refractivity contribution >= 4 is 5.91 Å². The molecule has 0 saturated heterocycles. The van der Waals surface area contributed by atoms with Gasteiger partial charge in [0.1, 0.15) is 0 Å². The predicted molar refractivity (Wildman–Crippen MR) is 84.1 cm³/mol. The lowest BCUT2D eigenvalue weighted by molar-refractivity contribution is -0.718. The van der Waals surface area contributed by atoms with E-state index >= 15 is 0 Å². The Morgan fingerprint density at radius 3 is 2.48 bits per heavy atom. The zero-order valence-electron chi connectivity index (χ0n) is 12.8. The first-order valence-corrected chi connectivity index (χ1v) is 7.78. The quantitative estimate of drug-likeness (QED) is 0.699. The van der Waals surface area contributed by atoms with Crippen LogP contribution in [0.25, 0.3) is 0 Å². The molecule has 0 bridgehead atoms. The summed E-state index contributed by atoms with van der Waals surface area (Å²) < 4.78 is 0. The van der Waals surface area contributed by atoms with E-state index in [1.165, 1.54) is 32.1 Å². The number of rotatable bonds is 6. The highest BCUT2D eigenvalue weighted by Crippen LogP contribution is 2.17. The molecule has 1 fully saturated rings. The Morgan fingerprint density at radius 2 is 1.86 bits per heavy atom. The number of benzene rings is 1. The first-order chi connectivity index (χ1) is 10.2. The number of nitrogens with one attached hydrogen (secondary N) is 2. The van der Waals surface area contributed by atoms with Crippen molar-refractivity contribution in [3.05, 3.63) is 48.2 Å². The Kier molecular flexibility index (Phi) is 5.81. The van der Waals surface area contributed by atoms with Crippen molar-refractivity contribution in [3.8, 4) is 0 Å². The van der Waals surface area contributed by atoms with Crippen LogP contribution in [-0.2, 0) is 4.79 Å². The number of carbonyl (C=O) groups excluding carboxylic acids is 1. The topological polar surface area (TPSA) is 57.7 Å². The van der Waals surface area contributed by atoms with Gasteiger partial charge in [-0.05, 0) is 32.6 Å². The number of carbonyl (C=O) groups is 1. The molecule has 1 saturated carbocycles. The molecule has 1 aliphatic carbocycles. The first-order valence-electron chi connectivity index (χ1n) is 7.78. The molecule has 4 nitrogen and oxygen atoms in total. The zero-order chi connectivity index (χ0) is 15.1. The number of allylic oxidation sites excluding steroid dienone is 1. The van der Waals surface area contributed by atoms with Gasteiger partial charge in [0.15, 0.2) is 6.04 Å². The second-order valence-electron chi connectivity index (χ2n) is 5.87. The van der Waals surface area contributed by atoms with Crippen LogP contribution < -0.4 is 16.2 Å². The number of hydrazine groups is 1. The van der Waals surface area contributed by atoms with Gasteiger partial charge in [0.25, 0.3) is 0 Å². The van der Waals surface area contributed by atoms with Gasteiger partial charge in [-0.2, -0.15) is 0 Å². The molecular formula is C17H26N3O+. The number of quaternary nitrogens is 1. The van der Waals surface area contributed by atoms with E-state index in [-0.39, 0.29) is 11.9 Å². The van der Waals surface area contributed by atoms with Gasteiger partial charge in [0.2, 0.25) is 0 Å². The minimum atomic E-state index is -0.207. The second kappa shape index (κ2) is 7.84. The summed E-state index contributed by atoms with van der Waals surface area (Å²) in [5, 5.41) is 2.23. The Morgan fingerprint density at radius 1 is 1.19 bits per heavy atom. The summed E-state index contributed by atoms with van der Waals surface area (Å²) in [5.41, 5.74) is 7.34. The molecule has 0 aliphatic heterocycles. The number of hydrogen-bond donors (Lipinski definition) is 3. The van der Waals surface area contributed by atoms with Crippen molar-refractivity contribution in [1.82, 2.24) is 10.9 Å². The van der Waals surface area contributed by atoms with Gasteiger partial charge in [-0.25, -0.2) is 0 Å². The SMILES string of the molecule is C=C(C)NNC(=O)[C@H]([NH2+]C1CCCCC1)c1ccccc1. The Balaban J connectivity index is 2.06. The maximum Gasteiger partial charge on any atom is 0.301 e. The summed E-state index contributed by atoms with van der Waals surface area (Å²) in [4.78, 5) is 12.5. The van der Waals surface area contributed by atoms with Gasteiger partial charge in [-0.1, -0.05) is 43.3 Å². The molecule has 1 aliphatic rings. The molecule has 0 aromatic heterocycles. The van der Waals surface area contributed by atoms with Crippen molar-refractivity contribution in [3.63, 3.8) is 0 Å². The van der Waals surface area contributed by atoms with E-state index in [1.807, 2.05) is 37.3 Å². The summed E-state index contributed by atoms with van der Waals surface area (Å²) in [6, 6.07) is 10.3. The Labute approximate surface area is 127 Å². The lowest BCUT2D eigenvalue weighted by atomic mass is 9.94. The predicted octanol–water partition coefficient (Wildman–Crippen LogP) is 1.78. The molecular weight excluding hydrogens is 262 g/mol. The monoisotopic (exact) mass is 288 g/mol. The zero-order valence-corrected chi connectivity index (χ0v) is 12.8. The molecule has 114 valence electrons. The van der Waals surface area contributed by atoms with Crippen LogP contribution in [0.5, 0.6) is 0 Å². The first kappa shape index (κ1) is 15.6. The van der Waals surface area contributed by atoms with Crippen molar-refractivity contribution in [1.29, 1.82) is 0 Å². The summed E-state index contributed by atoms with van der Waals surface area (Å²) in [7, 11) is 0. The lowest BCUT2D eigenvalue weighted by Crippen LogP contribution is -2.93. The molecule has 0 radical (unpaired) electrons. The van der Waals surface area contributed by atoms with Gasteiger partial charge in [0.05, 0.1) is 6.04 Å². The molecule has 0 unspecified atom stereocenters. The van der Waals surface area contributed by atoms with Crippen molar-refractivity contribution < 1.29 is 10.1 Å². The van der Waals surface area contributed by atoms with E-state index in [0.717, 1.165) is 11.3 Å². The van der Waals surface area contributed by atoms with Crippen LogP contribution in [0.3, 0.4) is 0 Å². The van der Waals surface area contributed by atoms with Crippen LogP contribution in [0.2, 0.25) is 0 Å². The van der Waals surface area contributed by atoms with Crippen LogP contribution in [0.4, 0.5) is 0 Å². The summed E-state index contributed by atoms with van der Waals surface area (Å²) in [5.74, 6) is -0.0187. The summed E-state index contributed by atoms with van der Waals surface area (Å²) >= 11 is 0. The van der Waals surface area contributed by atoms with E-state index in [9.17, 15) is 4.79 Å². The normalized spacial score (nSPS) is 17.0. The van der Waals surface area contributed by atoms with Crippen molar-refractivity contribution in [2.75, 3.05) is 0 Å². The van der Waals surface area contributed by atoms with Crippen LogP contribution in [0.1, 0.15) is 50.6 Å². The van der Waals surface area contributed by atoms with Crippen molar-refractivity contribution in [2.24, 2.45) is 0 Å². The number of nitrogens with two attached hydrogens (primary N) is 1. The van der Waals surface area contributed by atoms with Gasteiger partial charge >= 0.3 is 5.91 Å². The molecule has 2 rings (SSSR count). The van der Waals surface area contributed by atoms with Crippen LogP contribution in [-0.4, -0.2) is 11.9 Å². The fourth-order valence-electron chi connectivity index (χ4n) is 2.86. The highest BCUT2D eigenvalue weighted by molar-refractivity contribution is 5.81. The van der Waals surface area contributed by atoms with Crippen LogP contribution in [0, 0.1) is 0 Å². The van der Waals surface area contributed by atoms with E-state index in [4.69, 9.17) is 0 Å². The largest absolute Gasteiger partial charge is 0.330 e. The molecule has 1 amide bonds. The van der Waals surface area contributed by atoms with Crippen LogP contribution >= 0.6 is 0 Å². The highest BCUT2D eigenvalue weighted by Gasteiger charge is 2.28. The van der Waals surface area contributed by atoms with Crippen molar-refractivity contribution in [2.45, 2.75) is 51.1 Å². The average molecular weight is 288 g/mol. The van der Waals surface area contributed by atoms with Gasteiger partial charge < -0.3 is 10.7 Å². The minimum Gasteiger partial charge on any atom is -0.330 e. The third-order valence-electron chi connectivity index (χ3n) is 3.95. The molecule has 4 heteroatoms. The molecule has 0 heterocycles. The second-order valence-corrected chi connectivity index (χ2v) is 5.87. The van der Waals surface area contributed by atoms with Gasteiger partial charge in [0, 0.05) is 11.3 Å². The molecule has 4 N–H and O–H groups in total. The molecule has 0 spiro atoms. The molecule has 1 aromatic rings. The standard InChI is InChI=1S/C17H25N3O/c1-13(2)19-20-17(21)16(14-9-5-3-6-10-14)18-15-11-7-4-8-12-15/h3,5-6,9-10,15-16,18-19H,1,4,7-8,11-12H2,2H3,(H,20,21)/p+1/t16-/m1/s1. The van der Waals surface area contributed by atoms with E-state index in [2.05, 4.69) is 22.7 Å². The Bertz CT molecular complexity index is 466. The minimum absolute atomic E-state index is 0.0187. The maximum absolute atomic E-state index is 12.5. The summed E-state index contributed by atoms with van der Waals surface area (Å²) in [6.07, 6.45) is 6.27. The third kappa shape index (κ3) is 4.90. The van der Waals surface area contributed by atoms with E-state index in [0.29, 0.717) is 6.04 Å². The van der Waals surface area contributed by atoms with Gasteiger partial charge in [-0.3, -0.25) is 10.2 Å². The smallest absolute Gasteiger partial charge is 0.301 e. The molecule has 21 heavy (non-hydrogen) atoms.